The van der Waals surface area contributed by atoms with Gasteiger partial charge in [0.15, 0.2) is 6.10 Å². The molecule has 9 nitrogen and oxygen atoms in total. The predicted molar refractivity (Wildman–Crippen MR) is 120 cm³/mol. The van der Waals surface area contributed by atoms with Gasteiger partial charge in [0.05, 0.1) is 6.61 Å². The molecule has 0 aliphatic carbocycles. The fourth-order valence-electron chi connectivity index (χ4n) is 2.73. The van der Waals surface area contributed by atoms with E-state index in [9.17, 15) is 9.59 Å². The highest BCUT2D eigenvalue weighted by Gasteiger charge is 2.26. The van der Waals surface area contributed by atoms with Crippen LogP contribution in [0.3, 0.4) is 0 Å². The lowest BCUT2D eigenvalue weighted by atomic mass is 10.0. The minimum Gasteiger partial charge on any atom is -0.491 e. The van der Waals surface area contributed by atoms with Crippen LogP contribution < -0.4 is 15.5 Å². The highest BCUT2D eigenvalue weighted by molar-refractivity contribution is 7.98. The van der Waals surface area contributed by atoms with E-state index in [2.05, 4.69) is 5.32 Å². The number of carbonyl (C=O) groups excluding carboxylic acids is 2. The Morgan fingerprint density at radius 1 is 1.19 bits per heavy atom. The zero-order valence-electron chi connectivity index (χ0n) is 17.7. The van der Waals surface area contributed by atoms with Gasteiger partial charge in [-0.3, -0.25) is 15.3 Å². The molecule has 32 heavy (non-hydrogen) atoms. The lowest BCUT2D eigenvalue weighted by Gasteiger charge is -2.25. The number of nitrogens with one attached hydrogen (secondary N) is 2. The van der Waals surface area contributed by atoms with Crippen molar-refractivity contribution >= 4 is 29.4 Å². The van der Waals surface area contributed by atoms with Gasteiger partial charge in [-0.1, -0.05) is 12.1 Å². The molecule has 2 aromatic rings. The molecule has 0 bridgehead atoms. The van der Waals surface area contributed by atoms with Crippen molar-refractivity contribution in [3.8, 4) is 5.75 Å². The summed E-state index contributed by atoms with van der Waals surface area (Å²) in [5.74, 6) is -0.297. The minimum atomic E-state index is -0.953. The zero-order chi connectivity index (χ0) is 23.3. The van der Waals surface area contributed by atoms with E-state index in [4.69, 9.17) is 24.5 Å². The lowest BCUT2D eigenvalue weighted by molar-refractivity contribution is -0.124. The van der Waals surface area contributed by atoms with E-state index in [1.54, 1.807) is 48.2 Å². The van der Waals surface area contributed by atoms with E-state index in [1.807, 2.05) is 18.4 Å². The van der Waals surface area contributed by atoms with Crippen LogP contribution in [0.25, 0.3) is 0 Å². The molecule has 0 aliphatic heterocycles. The van der Waals surface area contributed by atoms with Gasteiger partial charge in [-0.2, -0.15) is 0 Å². The summed E-state index contributed by atoms with van der Waals surface area (Å²) in [6, 6.07) is 14.0. The highest BCUT2D eigenvalue weighted by atomic mass is 32.2. The third kappa shape index (κ3) is 7.89. The molecule has 0 aromatic heterocycles. The lowest BCUT2D eigenvalue weighted by Crippen LogP contribution is -2.27. The maximum Gasteiger partial charge on any atom is 0.412 e. The van der Waals surface area contributed by atoms with Crippen molar-refractivity contribution in [3.63, 3.8) is 0 Å². The van der Waals surface area contributed by atoms with Crippen LogP contribution in [0.5, 0.6) is 5.75 Å². The molecule has 0 fully saturated rings. The normalized spacial score (nSPS) is 12.8. The molecule has 0 aliphatic rings. The van der Waals surface area contributed by atoms with E-state index >= 15 is 0 Å². The number of thioether (sulfide) groups is 1. The molecule has 0 radical (unpaired) electrons. The average molecular weight is 463 g/mol. The first kappa shape index (κ1) is 25.2. The molecule has 0 saturated carbocycles. The quantitative estimate of drug-likeness (QED) is 0.174. The second kappa shape index (κ2) is 13.4. The van der Waals surface area contributed by atoms with Crippen LogP contribution in [0.1, 0.15) is 11.7 Å². The number of anilines is 1. The molecule has 0 saturated heterocycles. The predicted octanol–water partition coefficient (Wildman–Crippen LogP) is 3.15. The third-order valence-corrected chi connectivity index (χ3v) is 4.98. The number of hydroxylamine groups is 1. The van der Waals surface area contributed by atoms with Crippen molar-refractivity contribution in [1.82, 2.24) is 5.48 Å². The maximum absolute atomic E-state index is 12.6. The van der Waals surface area contributed by atoms with E-state index in [0.717, 1.165) is 11.0 Å². The largest absolute Gasteiger partial charge is 0.491 e. The minimum absolute atomic E-state index is 0.103. The van der Waals surface area contributed by atoms with Crippen LogP contribution in [-0.4, -0.2) is 55.0 Å². The molecule has 0 unspecified atom stereocenters. The molecule has 2 amide bonds. The number of methoxy groups -OCH3 is 1. The number of amides is 2. The monoisotopic (exact) mass is 462 g/mol. The Labute approximate surface area is 190 Å². The average Bonchev–Trinajstić information content (AvgIpc) is 2.82. The SMILES string of the molecule is CO[C@H](/C=C/C(=O)NO)[C@H](OC(=O)Nc1ccc(SC)cc1)c1cccc(OCCO)c1. The molecular weight excluding hydrogens is 436 g/mol. The summed E-state index contributed by atoms with van der Waals surface area (Å²) in [5.41, 5.74) is 2.58. The van der Waals surface area contributed by atoms with E-state index in [-0.39, 0.29) is 13.2 Å². The first-order valence-corrected chi connectivity index (χ1v) is 10.8. The number of hydrogen-bond acceptors (Lipinski definition) is 8. The van der Waals surface area contributed by atoms with Crippen molar-refractivity contribution in [2.75, 3.05) is 31.9 Å². The van der Waals surface area contributed by atoms with Crippen molar-refractivity contribution in [1.29, 1.82) is 0 Å². The van der Waals surface area contributed by atoms with Gasteiger partial charge in [-0.05, 0) is 54.3 Å². The zero-order valence-corrected chi connectivity index (χ0v) is 18.5. The number of hydrogen-bond donors (Lipinski definition) is 4. The van der Waals surface area contributed by atoms with Crippen molar-refractivity contribution in [2.45, 2.75) is 17.1 Å². The molecule has 10 heteroatoms. The highest BCUT2D eigenvalue weighted by Crippen LogP contribution is 2.28. The second-order valence-electron chi connectivity index (χ2n) is 6.36. The number of rotatable bonds is 11. The van der Waals surface area contributed by atoms with Crippen LogP contribution in [0.15, 0.2) is 65.6 Å². The van der Waals surface area contributed by atoms with Crippen molar-refractivity contribution < 1.29 is 34.1 Å². The molecule has 0 spiro atoms. The first-order valence-electron chi connectivity index (χ1n) is 9.61. The Balaban J connectivity index is 2.26. The molecule has 2 atom stereocenters. The number of aliphatic hydroxyl groups is 1. The van der Waals surface area contributed by atoms with Gasteiger partial charge in [0.25, 0.3) is 5.91 Å². The fourth-order valence-corrected chi connectivity index (χ4v) is 3.14. The van der Waals surface area contributed by atoms with Gasteiger partial charge in [0.2, 0.25) is 0 Å². The van der Waals surface area contributed by atoms with Crippen molar-refractivity contribution in [3.05, 3.63) is 66.2 Å². The summed E-state index contributed by atoms with van der Waals surface area (Å²) in [4.78, 5) is 25.1. The summed E-state index contributed by atoms with van der Waals surface area (Å²) < 4.78 is 16.5. The summed E-state index contributed by atoms with van der Waals surface area (Å²) in [6.45, 7) is -0.0482. The molecule has 172 valence electrons. The molecule has 4 N–H and O–H groups in total. The van der Waals surface area contributed by atoms with Crippen LogP contribution >= 0.6 is 11.8 Å². The van der Waals surface area contributed by atoms with Gasteiger partial charge < -0.3 is 19.3 Å². The van der Waals surface area contributed by atoms with Gasteiger partial charge >= 0.3 is 6.09 Å². The number of aliphatic hydroxyl groups excluding tert-OH is 1. The van der Waals surface area contributed by atoms with E-state index in [1.165, 1.54) is 18.7 Å². The van der Waals surface area contributed by atoms with Gasteiger partial charge in [-0.25, -0.2) is 10.3 Å². The Kier molecular flexibility index (Phi) is 10.5. The number of ether oxygens (including phenoxy) is 3. The molecular formula is C22H26N2O7S. The second-order valence-corrected chi connectivity index (χ2v) is 7.24. The smallest absolute Gasteiger partial charge is 0.412 e. The Morgan fingerprint density at radius 3 is 2.56 bits per heavy atom. The standard InChI is InChI=1S/C22H26N2O7S/c1-29-19(10-11-20(26)24-28)21(15-4-3-5-17(14-15)30-13-12-25)31-22(27)23-16-6-8-18(32-2)9-7-16/h3-11,14,19,21,25,28H,12-13H2,1-2H3,(H,23,27)(H,24,26)/b11-10+/t19-,21-/m1/s1. The Bertz CT molecular complexity index is 905. The van der Waals surface area contributed by atoms with Crippen LogP contribution in [0.4, 0.5) is 10.5 Å². The van der Waals surface area contributed by atoms with E-state index in [0.29, 0.717) is 17.0 Å². The third-order valence-electron chi connectivity index (χ3n) is 4.24. The number of carbonyl (C=O) groups is 2. The van der Waals surface area contributed by atoms with Gasteiger partial charge in [0.1, 0.15) is 18.5 Å². The fraction of sp³-hybridized carbons (Fsp3) is 0.273. The van der Waals surface area contributed by atoms with Crippen LogP contribution in [0.2, 0.25) is 0 Å². The summed E-state index contributed by atoms with van der Waals surface area (Å²) in [5, 5.41) is 20.4. The molecule has 2 rings (SSSR count). The Morgan fingerprint density at radius 2 is 1.94 bits per heavy atom. The van der Waals surface area contributed by atoms with Crippen LogP contribution in [-0.2, 0) is 14.3 Å². The van der Waals surface area contributed by atoms with Gasteiger partial charge in [0, 0.05) is 23.8 Å². The van der Waals surface area contributed by atoms with Gasteiger partial charge in [-0.15, -0.1) is 11.8 Å². The van der Waals surface area contributed by atoms with Crippen molar-refractivity contribution in [2.24, 2.45) is 0 Å². The summed E-state index contributed by atoms with van der Waals surface area (Å²) >= 11 is 1.58. The first-order chi connectivity index (χ1) is 15.5. The molecule has 0 heterocycles. The molecule has 2 aromatic carbocycles. The Hall–Kier alpha value is -3.05. The topological polar surface area (TPSA) is 126 Å². The maximum atomic E-state index is 12.6. The van der Waals surface area contributed by atoms with Crippen LogP contribution in [0, 0.1) is 0 Å². The number of benzene rings is 2. The van der Waals surface area contributed by atoms with E-state index < -0.39 is 24.2 Å². The summed E-state index contributed by atoms with van der Waals surface area (Å²) in [7, 11) is 1.40. The summed E-state index contributed by atoms with van der Waals surface area (Å²) in [6.07, 6.45) is 1.84.